The molecule has 0 amide bonds. The smallest absolute Gasteiger partial charge is 0.188 e. The van der Waals surface area contributed by atoms with E-state index in [9.17, 15) is 8.42 Å². The SMILES string of the molecule is COCc1ccc(CN2CCCC(c3nnsc3S(C)(=O)=O)C2)o1. The molecule has 1 unspecified atom stereocenters. The maximum Gasteiger partial charge on any atom is 0.188 e. The van der Waals surface area contributed by atoms with E-state index in [4.69, 9.17) is 9.15 Å². The monoisotopic (exact) mass is 371 g/mol. The van der Waals surface area contributed by atoms with Crippen LogP contribution in [-0.2, 0) is 27.7 Å². The minimum absolute atomic E-state index is 0.0932. The first-order valence-corrected chi connectivity index (χ1v) is 10.4. The summed E-state index contributed by atoms with van der Waals surface area (Å²) in [6, 6.07) is 3.89. The van der Waals surface area contributed by atoms with Crippen LogP contribution in [0.4, 0.5) is 0 Å². The van der Waals surface area contributed by atoms with Gasteiger partial charge >= 0.3 is 0 Å². The predicted molar refractivity (Wildman–Crippen MR) is 89.7 cm³/mol. The van der Waals surface area contributed by atoms with Crippen LogP contribution in [0.15, 0.2) is 20.8 Å². The zero-order valence-electron chi connectivity index (χ0n) is 13.8. The second-order valence-corrected chi connectivity index (χ2v) is 9.06. The quantitative estimate of drug-likeness (QED) is 0.768. The van der Waals surface area contributed by atoms with Crippen molar-refractivity contribution in [3.8, 4) is 0 Å². The van der Waals surface area contributed by atoms with Crippen molar-refractivity contribution in [1.82, 2.24) is 14.5 Å². The van der Waals surface area contributed by atoms with E-state index in [1.165, 1.54) is 6.26 Å². The lowest BCUT2D eigenvalue weighted by molar-refractivity contribution is 0.153. The molecule has 1 atom stereocenters. The molecule has 3 heterocycles. The van der Waals surface area contributed by atoms with Crippen LogP contribution in [0.3, 0.4) is 0 Å². The lowest BCUT2D eigenvalue weighted by Gasteiger charge is -2.31. The minimum atomic E-state index is -3.28. The van der Waals surface area contributed by atoms with Gasteiger partial charge in [0.05, 0.1) is 12.2 Å². The van der Waals surface area contributed by atoms with Crippen LogP contribution < -0.4 is 0 Å². The van der Waals surface area contributed by atoms with Gasteiger partial charge in [0.25, 0.3) is 0 Å². The molecule has 0 radical (unpaired) electrons. The Kier molecular flexibility index (Phi) is 5.33. The number of nitrogens with zero attached hydrogens (tertiary/aromatic N) is 3. The van der Waals surface area contributed by atoms with Gasteiger partial charge in [-0.25, -0.2) is 8.42 Å². The van der Waals surface area contributed by atoms with Gasteiger partial charge in [-0.3, -0.25) is 4.90 Å². The van der Waals surface area contributed by atoms with Crippen molar-refractivity contribution in [3.63, 3.8) is 0 Å². The molecular weight excluding hydrogens is 350 g/mol. The molecule has 3 rings (SSSR count). The van der Waals surface area contributed by atoms with Crippen molar-refractivity contribution < 1.29 is 17.6 Å². The maximum absolute atomic E-state index is 11.9. The Labute approximate surface area is 145 Å². The molecule has 1 aliphatic rings. The molecule has 2 aromatic rings. The topological polar surface area (TPSA) is 85.5 Å². The van der Waals surface area contributed by atoms with Crippen molar-refractivity contribution in [1.29, 1.82) is 0 Å². The number of sulfone groups is 1. The highest BCUT2D eigenvalue weighted by atomic mass is 32.2. The van der Waals surface area contributed by atoms with E-state index in [0.717, 1.165) is 49.0 Å². The molecule has 2 aromatic heterocycles. The fourth-order valence-electron chi connectivity index (χ4n) is 3.06. The van der Waals surface area contributed by atoms with Gasteiger partial charge in [0, 0.05) is 37.4 Å². The molecule has 0 spiro atoms. The van der Waals surface area contributed by atoms with Gasteiger partial charge in [-0.05, 0) is 31.5 Å². The first-order chi connectivity index (χ1) is 11.5. The Morgan fingerprint density at radius 1 is 1.42 bits per heavy atom. The number of piperidine rings is 1. The lowest BCUT2D eigenvalue weighted by atomic mass is 9.95. The van der Waals surface area contributed by atoms with Crippen molar-refractivity contribution in [3.05, 3.63) is 29.3 Å². The van der Waals surface area contributed by atoms with Gasteiger partial charge in [0.2, 0.25) is 0 Å². The van der Waals surface area contributed by atoms with Crippen LogP contribution >= 0.6 is 11.5 Å². The Hall–Kier alpha value is -1.29. The van der Waals surface area contributed by atoms with E-state index in [2.05, 4.69) is 14.5 Å². The van der Waals surface area contributed by atoms with Crippen LogP contribution in [0.25, 0.3) is 0 Å². The molecule has 1 saturated heterocycles. The van der Waals surface area contributed by atoms with Crippen LogP contribution in [0, 0.1) is 0 Å². The van der Waals surface area contributed by atoms with Crippen LogP contribution in [-0.4, -0.2) is 49.4 Å². The van der Waals surface area contributed by atoms with E-state index < -0.39 is 9.84 Å². The van der Waals surface area contributed by atoms with E-state index >= 15 is 0 Å². The van der Waals surface area contributed by atoms with Crippen molar-refractivity contribution in [2.75, 3.05) is 26.5 Å². The summed E-state index contributed by atoms with van der Waals surface area (Å²) in [6.07, 6.45) is 3.14. The molecule has 0 saturated carbocycles. The number of ether oxygens (including phenoxy) is 1. The average molecular weight is 371 g/mol. The van der Waals surface area contributed by atoms with E-state index in [0.29, 0.717) is 23.1 Å². The summed E-state index contributed by atoms with van der Waals surface area (Å²) < 4.78 is 38.7. The molecule has 0 aliphatic carbocycles. The molecule has 7 nitrogen and oxygen atoms in total. The van der Waals surface area contributed by atoms with E-state index in [1.54, 1.807) is 7.11 Å². The first-order valence-electron chi connectivity index (χ1n) is 7.78. The van der Waals surface area contributed by atoms with Gasteiger partial charge in [-0.15, -0.1) is 5.10 Å². The maximum atomic E-state index is 11.9. The molecule has 0 bridgehead atoms. The molecule has 9 heteroatoms. The molecule has 0 aromatic carbocycles. The third-order valence-corrected chi connectivity index (χ3v) is 6.65. The fraction of sp³-hybridized carbons (Fsp3) is 0.600. The van der Waals surface area contributed by atoms with Gasteiger partial charge < -0.3 is 9.15 Å². The third-order valence-electron chi connectivity index (χ3n) is 4.09. The molecule has 1 fully saturated rings. The number of hydrogen-bond acceptors (Lipinski definition) is 8. The van der Waals surface area contributed by atoms with Gasteiger partial charge in [0.1, 0.15) is 18.1 Å². The number of methoxy groups -OCH3 is 1. The van der Waals surface area contributed by atoms with E-state index in [1.807, 2.05) is 12.1 Å². The summed E-state index contributed by atoms with van der Waals surface area (Å²) >= 11 is 0.964. The standard InChI is InChI=1S/C15H21N3O4S2/c1-21-10-13-6-5-12(22-13)9-18-7-3-4-11(8-18)14-15(23-17-16-14)24(2,19)20/h5-6,11H,3-4,7-10H2,1-2H3. The molecular formula is C15H21N3O4S2. The largest absolute Gasteiger partial charge is 0.462 e. The van der Waals surface area contributed by atoms with Gasteiger partial charge in [0.15, 0.2) is 14.0 Å². The summed E-state index contributed by atoms with van der Waals surface area (Å²) in [7, 11) is -1.64. The highest BCUT2D eigenvalue weighted by Crippen LogP contribution is 2.32. The Balaban J connectivity index is 1.69. The Morgan fingerprint density at radius 3 is 2.96 bits per heavy atom. The Bertz CT molecular complexity index is 784. The molecule has 0 N–H and O–H groups in total. The summed E-state index contributed by atoms with van der Waals surface area (Å²) in [4.78, 5) is 2.27. The third kappa shape index (κ3) is 4.02. The number of rotatable bonds is 6. The fourth-order valence-corrected chi connectivity index (χ4v) is 4.80. The normalized spacial score (nSPS) is 19.7. The first kappa shape index (κ1) is 17.5. The lowest BCUT2D eigenvalue weighted by Crippen LogP contribution is -2.34. The van der Waals surface area contributed by atoms with Crippen molar-refractivity contribution >= 4 is 21.4 Å². The number of hydrogen-bond donors (Lipinski definition) is 0. The summed E-state index contributed by atoms with van der Waals surface area (Å²) in [6.45, 7) is 2.88. The van der Waals surface area contributed by atoms with Crippen molar-refractivity contribution in [2.24, 2.45) is 0 Å². The zero-order chi connectivity index (χ0) is 17.2. The van der Waals surface area contributed by atoms with Crippen LogP contribution in [0.1, 0.15) is 36.0 Å². The summed E-state index contributed by atoms with van der Waals surface area (Å²) in [5, 5.41) is 4.10. The number of furan rings is 1. The second kappa shape index (κ2) is 7.30. The highest BCUT2D eigenvalue weighted by Gasteiger charge is 2.29. The second-order valence-electron chi connectivity index (χ2n) is 6.09. The number of likely N-dealkylation sites (tertiary alicyclic amines) is 1. The predicted octanol–water partition coefficient (Wildman–Crippen LogP) is 2.06. The van der Waals surface area contributed by atoms with Gasteiger partial charge in [-0.2, -0.15) is 0 Å². The molecule has 132 valence electrons. The Morgan fingerprint density at radius 2 is 2.21 bits per heavy atom. The average Bonchev–Trinajstić information content (AvgIpc) is 3.17. The van der Waals surface area contributed by atoms with Crippen LogP contribution in [0.2, 0.25) is 0 Å². The van der Waals surface area contributed by atoms with Crippen LogP contribution in [0.5, 0.6) is 0 Å². The minimum Gasteiger partial charge on any atom is -0.462 e. The molecule has 1 aliphatic heterocycles. The summed E-state index contributed by atoms with van der Waals surface area (Å²) in [5.41, 5.74) is 0.617. The summed E-state index contributed by atoms with van der Waals surface area (Å²) in [5.74, 6) is 1.79. The zero-order valence-corrected chi connectivity index (χ0v) is 15.4. The van der Waals surface area contributed by atoms with Gasteiger partial charge in [-0.1, -0.05) is 4.49 Å². The highest BCUT2D eigenvalue weighted by molar-refractivity contribution is 7.92. The van der Waals surface area contributed by atoms with Crippen molar-refractivity contribution in [2.45, 2.75) is 36.1 Å². The molecule has 24 heavy (non-hydrogen) atoms. The number of aromatic nitrogens is 2. The van der Waals surface area contributed by atoms with E-state index in [-0.39, 0.29) is 5.92 Å².